The number of methoxy groups -OCH3 is 1. The number of Topliss-reactive ketones (excluding diaryl/α,β-unsaturated/α-hetero) is 1. The number of hydrogen-bond donors (Lipinski definition) is 1. The van der Waals surface area contributed by atoms with E-state index in [0.29, 0.717) is 17.0 Å². The van der Waals surface area contributed by atoms with Gasteiger partial charge in [-0.05, 0) is 24.1 Å². The topological polar surface area (TPSA) is 79.7 Å². The lowest BCUT2D eigenvalue weighted by atomic mass is 9.91. The van der Waals surface area contributed by atoms with Crippen LogP contribution in [0.3, 0.4) is 0 Å². The third kappa shape index (κ3) is 3.76. The van der Waals surface area contributed by atoms with E-state index < -0.39 is 17.7 Å². The molecule has 0 aliphatic carbocycles. The number of aromatic nitrogens is 1. The summed E-state index contributed by atoms with van der Waals surface area (Å²) in [5.41, 5.74) is 1.45. The number of aliphatic hydroxyl groups is 1. The molecule has 0 saturated carbocycles. The third-order valence-electron chi connectivity index (χ3n) is 4.69. The van der Waals surface area contributed by atoms with Gasteiger partial charge in [0.05, 0.1) is 31.0 Å². The summed E-state index contributed by atoms with van der Waals surface area (Å²) < 4.78 is 5.47. The fourth-order valence-electron chi connectivity index (χ4n) is 3.46. The van der Waals surface area contributed by atoms with Crippen molar-refractivity contribution in [3.63, 3.8) is 0 Å². The molecule has 1 aliphatic heterocycles. The van der Waals surface area contributed by atoms with Crippen LogP contribution in [-0.4, -0.2) is 33.8 Å². The van der Waals surface area contributed by atoms with E-state index in [4.69, 9.17) is 4.74 Å². The van der Waals surface area contributed by atoms with Gasteiger partial charge in [0.2, 0.25) is 0 Å². The molecule has 0 saturated heterocycles. The van der Waals surface area contributed by atoms with Gasteiger partial charge >= 0.3 is 0 Å². The summed E-state index contributed by atoms with van der Waals surface area (Å²) in [6.07, 6.45) is 1.89. The lowest BCUT2D eigenvalue weighted by Crippen LogP contribution is -2.31. The van der Waals surface area contributed by atoms with Crippen LogP contribution in [0.5, 0.6) is 5.75 Å². The maximum absolute atomic E-state index is 12.9. The van der Waals surface area contributed by atoms with Gasteiger partial charge in [-0.1, -0.05) is 38.1 Å². The molecular formula is C22H24N2O4. The van der Waals surface area contributed by atoms with Crippen LogP contribution in [0.2, 0.25) is 0 Å². The summed E-state index contributed by atoms with van der Waals surface area (Å²) in [4.78, 5) is 31.6. The van der Waals surface area contributed by atoms with Crippen molar-refractivity contribution in [3.8, 4) is 5.75 Å². The molecule has 0 bridgehead atoms. The number of nitrogens with zero attached hydrogens (tertiary/aromatic N) is 2. The average Bonchev–Trinajstić information content (AvgIpc) is 2.93. The second kappa shape index (κ2) is 8.25. The van der Waals surface area contributed by atoms with E-state index in [1.54, 1.807) is 24.4 Å². The minimum atomic E-state index is -0.725. The third-order valence-corrected chi connectivity index (χ3v) is 4.69. The summed E-state index contributed by atoms with van der Waals surface area (Å²) in [5.74, 6) is -0.645. The quantitative estimate of drug-likeness (QED) is 0.794. The summed E-state index contributed by atoms with van der Waals surface area (Å²) >= 11 is 0. The van der Waals surface area contributed by atoms with E-state index in [1.165, 1.54) is 12.0 Å². The first-order chi connectivity index (χ1) is 13.4. The smallest absolute Gasteiger partial charge is 0.290 e. The van der Waals surface area contributed by atoms with Gasteiger partial charge in [-0.25, -0.2) is 0 Å². The van der Waals surface area contributed by atoms with Crippen LogP contribution >= 0.6 is 0 Å². The molecule has 1 atom stereocenters. The van der Waals surface area contributed by atoms with E-state index in [0.717, 1.165) is 0 Å². The Hall–Kier alpha value is -3.15. The van der Waals surface area contributed by atoms with Crippen molar-refractivity contribution in [2.75, 3.05) is 7.11 Å². The Labute approximate surface area is 164 Å². The van der Waals surface area contributed by atoms with Crippen molar-refractivity contribution >= 4 is 11.7 Å². The highest BCUT2D eigenvalue weighted by molar-refractivity contribution is 6.09. The highest BCUT2D eigenvalue weighted by Crippen LogP contribution is 2.42. The normalized spacial score (nSPS) is 16.8. The van der Waals surface area contributed by atoms with Crippen LogP contribution in [0.1, 0.15) is 37.6 Å². The first kappa shape index (κ1) is 19.6. The standard InChI is InChI=1S/C22H24N2O4/c1-14(2)12-17(25)19-20(16-9-4-5-10-18(16)28-3)24(22(27)21(19)26)13-15-8-6-7-11-23-15/h4-11,14,20,26H,12-13H2,1-3H3. The van der Waals surface area contributed by atoms with E-state index in [1.807, 2.05) is 38.1 Å². The number of ether oxygens (including phenoxy) is 1. The van der Waals surface area contributed by atoms with Gasteiger partial charge in [-0.15, -0.1) is 0 Å². The minimum absolute atomic E-state index is 0.103. The van der Waals surface area contributed by atoms with E-state index >= 15 is 0 Å². The molecule has 6 nitrogen and oxygen atoms in total. The molecule has 0 fully saturated rings. The molecule has 3 rings (SSSR count). The van der Waals surface area contributed by atoms with Crippen LogP contribution in [0.25, 0.3) is 0 Å². The highest BCUT2D eigenvalue weighted by Gasteiger charge is 2.44. The van der Waals surface area contributed by atoms with Crippen LogP contribution < -0.4 is 4.74 Å². The Morgan fingerprint density at radius 1 is 1.21 bits per heavy atom. The van der Waals surface area contributed by atoms with Crippen LogP contribution in [0, 0.1) is 5.92 Å². The molecule has 1 aromatic carbocycles. The molecule has 2 aromatic rings. The lowest BCUT2D eigenvalue weighted by Gasteiger charge is -2.28. The molecular weight excluding hydrogens is 356 g/mol. The molecule has 146 valence electrons. The zero-order chi connectivity index (χ0) is 20.3. The van der Waals surface area contributed by atoms with Gasteiger partial charge in [0.25, 0.3) is 5.91 Å². The Kier molecular flexibility index (Phi) is 5.78. The van der Waals surface area contributed by atoms with Gasteiger partial charge in [0.1, 0.15) is 5.75 Å². The summed E-state index contributed by atoms with van der Waals surface area (Å²) in [6, 6.07) is 11.9. The zero-order valence-corrected chi connectivity index (χ0v) is 16.3. The number of amides is 1. The fourth-order valence-corrected chi connectivity index (χ4v) is 3.46. The molecule has 0 spiro atoms. The van der Waals surface area contributed by atoms with Crippen LogP contribution in [-0.2, 0) is 16.1 Å². The fraction of sp³-hybridized carbons (Fsp3) is 0.318. The molecule has 2 heterocycles. The molecule has 1 amide bonds. The van der Waals surface area contributed by atoms with Gasteiger partial charge in [0.15, 0.2) is 11.5 Å². The number of benzene rings is 1. The number of carbonyl (C=O) groups is 2. The largest absolute Gasteiger partial charge is 0.503 e. The number of para-hydroxylation sites is 1. The van der Waals surface area contributed by atoms with Crippen molar-refractivity contribution in [1.29, 1.82) is 0 Å². The zero-order valence-electron chi connectivity index (χ0n) is 16.3. The number of hydrogen-bond acceptors (Lipinski definition) is 5. The van der Waals surface area contributed by atoms with Gasteiger partial charge in [0, 0.05) is 18.2 Å². The number of carbonyl (C=O) groups excluding carboxylic acids is 2. The monoisotopic (exact) mass is 380 g/mol. The van der Waals surface area contributed by atoms with Crippen molar-refractivity contribution < 1.29 is 19.4 Å². The molecule has 28 heavy (non-hydrogen) atoms. The van der Waals surface area contributed by atoms with E-state index in [-0.39, 0.29) is 30.2 Å². The van der Waals surface area contributed by atoms with Crippen molar-refractivity contribution in [2.24, 2.45) is 5.92 Å². The predicted octanol–water partition coefficient (Wildman–Crippen LogP) is 3.60. The van der Waals surface area contributed by atoms with E-state index in [9.17, 15) is 14.7 Å². The summed E-state index contributed by atoms with van der Waals surface area (Å²) in [7, 11) is 1.54. The highest BCUT2D eigenvalue weighted by atomic mass is 16.5. The van der Waals surface area contributed by atoms with Gasteiger partial charge in [-0.3, -0.25) is 14.6 Å². The SMILES string of the molecule is COc1ccccc1C1C(C(=O)CC(C)C)=C(O)C(=O)N1Cc1ccccn1. The number of rotatable bonds is 7. The molecule has 1 aromatic heterocycles. The second-order valence-electron chi connectivity index (χ2n) is 7.18. The average molecular weight is 380 g/mol. The Balaban J connectivity index is 2.09. The van der Waals surface area contributed by atoms with Crippen molar-refractivity contribution in [1.82, 2.24) is 9.88 Å². The second-order valence-corrected chi connectivity index (χ2v) is 7.18. The van der Waals surface area contributed by atoms with Gasteiger partial charge < -0.3 is 14.7 Å². The van der Waals surface area contributed by atoms with Gasteiger partial charge in [-0.2, -0.15) is 0 Å². The molecule has 1 aliphatic rings. The molecule has 1 N–H and O–H groups in total. The Morgan fingerprint density at radius 2 is 1.93 bits per heavy atom. The maximum atomic E-state index is 12.9. The van der Waals surface area contributed by atoms with Crippen LogP contribution in [0.15, 0.2) is 60.0 Å². The number of aliphatic hydroxyl groups excluding tert-OH is 1. The molecule has 6 heteroatoms. The first-order valence-corrected chi connectivity index (χ1v) is 9.24. The predicted molar refractivity (Wildman–Crippen MR) is 105 cm³/mol. The summed E-state index contributed by atoms with van der Waals surface area (Å²) in [6.45, 7) is 4.02. The van der Waals surface area contributed by atoms with E-state index in [2.05, 4.69) is 4.98 Å². The summed E-state index contributed by atoms with van der Waals surface area (Å²) in [5, 5.41) is 10.6. The Bertz CT molecular complexity index is 906. The minimum Gasteiger partial charge on any atom is -0.503 e. The number of pyridine rings is 1. The first-order valence-electron chi connectivity index (χ1n) is 9.24. The van der Waals surface area contributed by atoms with Crippen molar-refractivity contribution in [2.45, 2.75) is 32.9 Å². The number of ketones is 1. The van der Waals surface area contributed by atoms with Crippen LogP contribution in [0.4, 0.5) is 0 Å². The molecule has 0 radical (unpaired) electrons. The molecule has 1 unspecified atom stereocenters. The van der Waals surface area contributed by atoms with Crippen molar-refractivity contribution in [3.05, 3.63) is 71.3 Å². The lowest BCUT2D eigenvalue weighted by molar-refractivity contribution is -0.130. The maximum Gasteiger partial charge on any atom is 0.290 e. The Morgan fingerprint density at radius 3 is 2.57 bits per heavy atom.